The molecule has 5 nitrogen and oxygen atoms in total. The maximum absolute atomic E-state index is 12.5. The minimum atomic E-state index is -0.00719. The molecule has 128 valence electrons. The van der Waals surface area contributed by atoms with Crippen LogP contribution < -0.4 is 4.90 Å². The molecule has 0 atom stereocenters. The van der Waals surface area contributed by atoms with Crippen LogP contribution in [0.15, 0.2) is 18.2 Å². The van der Waals surface area contributed by atoms with Crippen molar-refractivity contribution in [2.75, 3.05) is 25.0 Å². The monoisotopic (exact) mass is 327 g/mol. The second-order valence-electron chi connectivity index (χ2n) is 6.70. The lowest BCUT2D eigenvalue weighted by atomic mass is 9.93. The third kappa shape index (κ3) is 3.76. The molecule has 0 N–H and O–H groups in total. The molecule has 1 amide bonds. The Kier molecular flexibility index (Phi) is 5.61. The van der Waals surface area contributed by atoms with Crippen LogP contribution in [-0.4, -0.2) is 42.8 Å². The Morgan fingerprint density at radius 1 is 1.29 bits per heavy atom. The lowest BCUT2D eigenvalue weighted by Crippen LogP contribution is -2.43. The molecule has 0 aromatic heterocycles. The van der Waals surface area contributed by atoms with E-state index in [4.69, 9.17) is 5.26 Å². The van der Waals surface area contributed by atoms with Gasteiger partial charge in [-0.05, 0) is 51.8 Å². The van der Waals surface area contributed by atoms with Gasteiger partial charge in [-0.3, -0.25) is 9.59 Å². The van der Waals surface area contributed by atoms with Gasteiger partial charge in [0.05, 0.1) is 11.6 Å². The van der Waals surface area contributed by atoms with Crippen LogP contribution in [-0.2, 0) is 4.79 Å². The molecule has 2 rings (SSSR count). The average Bonchev–Trinajstić information content (AvgIpc) is 2.59. The molecule has 0 radical (unpaired) electrons. The zero-order chi connectivity index (χ0) is 17.9. The first-order chi connectivity index (χ1) is 11.3. The summed E-state index contributed by atoms with van der Waals surface area (Å²) in [6, 6.07) is 7.50. The number of anilines is 1. The van der Waals surface area contributed by atoms with Crippen molar-refractivity contribution in [2.45, 2.75) is 39.7 Å². The van der Waals surface area contributed by atoms with Crippen molar-refractivity contribution in [2.24, 2.45) is 5.92 Å². The quantitative estimate of drug-likeness (QED) is 0.798. The number of piperidine rings is 1. The minimum absolute atomic E-state index is 0.00719. The van der Waals surface area contributed by atoms with Crippen molar-refractivity contribution in [1.82, 2.24) is 4.90 Å². The summed E-state index contributed by atoms with van der Waals surface area (Å²) in [6.07, 6.45) is 1.54. The molecule has 1 aliphatic heterocycles. The predicted octanol–water partition coefficient (Wildman–Crippen LogP) is 2.84. The Labute approximate surface area is 143 Å². The molecule has 1 fully saturated rings. The van der Waals surface area contributed by atoms with Gasteiger partial charge in [-0.1, -0.05) is 0 Å². The maximum Gasteiger partial charge on any atom is 0.225 e. The summed E-state index contributed by atoms with van der Waals surface area (Å²) >= 11 is 0. The number of carbonyl (C=O) groups excluding carboxylic acids is 2. The Bertz CT molecular complexity index is 668. The SMILES string of the molecule is CC(=O)c1ccc(C#N)cc1N1CCC(C(=O)N(C)C(C)C)CC1. The second-order valence-corrected chi connectivity index (χ2v) is 6.70. The number of Topliss-reactive ketones (excluding diaryl/α,β-unsaturated/α-hetero) is 1. The molecule has 0 unspecified atom stereocenters. The average molecular weight is 327 g/mol. The molecule has 0 aliphatic carbocycles. The Hall–Kier alpha value is -2.35. The van der Waals surface area contributed by atoms with Crippen LogP contribution in [0.4, 0.5) is 5.69 Å². The van der Waals surface area contributed by atoms with Gasteiger partial charge in [0.15, 0.2) is 5.78 Å². The van der Waals surface area contributed by atoms with Crippen LogP contribution in [0.1, 0.15) is 49.5 Å². The normalized spacial score (nSPS) is 15.2. The number of hydrogen-bond acceptors (Lipinski definition) is 4. The van der Waals surface area contributed by atoms with Crippen LogP contribution in [0.25, 0.3) is 0 Å². The van der Waals surface area contributed by atoms with Gasteiger partial charge in [0, 0.05) is 43.3 Å². The first-order valence-corrected chi connectivity index (χ1v) is 8.41. The van der Waals surface area contributed by atoms with Gasteiger partial charge in [-0.25, -0.2) is 0 Å². The molecule has 1 aromatic carbocycles. The topological polar surface area (TPSA) is 64.4 Å². The number of ketones is 1. The summed E-state index contributed by atoms with van der Waals surface area (Å²) in [5.41, 5.74) is 2.00. The summed E-state index contributed by atoms with van der Waals surface area (Å²) in [5.74, 6) is 0.225. The number of amides is 1. The van der Waals surface area contributed by atoms with Gasteiger partial charge in [-0.2, -0.15) is 5.26 Å². The molecule has 1 saturated heterocycles. The summed E-state index contributed by atoms with van der Waals surface area (Å²) in [6.45, 7) is 7.01. The fourth-order valence-electron chi connectivity index (χ4n) is 3.07. The lowest BCUT2D eigenvalue weighted by molar-refractivity contribution is -0.136. The first-order valence-electron chi connectivity index (χ1n) is 8.41. The minimum Gasteiger partial charge on any atom is -0.371 e. The Balaban J connectivity index is 2.14. The summed E-state index contributed by atoms with van der Waals surface area (Å²) in [4.78, 5) is 28.3. The number of nitrogens with zero attached hydrogens (tertiary/aromatic N) is 3. The number of benzene rings is 1. The van der Waals surface area contributed by atoms with Gasteiger partial charge in [0.1, 0.15) is 0 Å². The van der Waals surface area contributed by atoms with Crippen molar-refractivity contribution in [3.05, 3.63) is 29.3 Å². The van der Waals surface area contributed by atoms with Crippen molar-refractivity contribution in [1.29, 1.82) is 5.26 Å². The number of hydrogen-bond donors (Lipinski definition) is 0. The van der Waals surface area contributed by atoms with E-state index in [-0.39, 0.29) is 23.7 Å². The Morgan fingerprint density at radius 3 is 2.42 bits per heavy atom. The van der Waals surface area contributed by atoms with E-state index in [1.165, 1.54) is 0 Å². The van der Waals surface area contributed by atoms with Crippen molar-refractivity contribution in [3.8, 4) is 6.07 Å². The second kappa shape index (κ2) is 7.48. The van der Waals surface area contributed by atoms with Crippen molar-refractivity contribution in [3.63, 3.8) is 0 Å². The van der Waals surface area contributed by atoms with E-state index in [2.05, 4.69) is 11.0 Å². The highest BCUT2D eigenvalue weighted by Crippen LogP contribution is 2.28. The molecule has 24 heavy (non-hydrogen) atoms. The van der Waals surface area contributed by atoms with Crippen LogP contribution in [0, 0.1) is 17.2 Å². The smallest absolute Gasteiger partial charge is 0.225 e. The number of rotatable bonds is 4. The van der Waals surface area contributed by atoms with E-state index in [1.54, 1.807) is 30.0 Å². The third-order valence-electron chi connectivity index (χ3n) is 4.81. The van der Waals surface area contributed by atoms with Crippen molar-refractivity contribution >= 4 is 17.4 Å². The van der Waals surface area contributed by atoms with E-state index in [0.717, 1.165) is 31.6 Å². The van der Waals surface area contributed by atoms with E-state index < -0.39 is 0 Å². The molecule has 0 saturated carbocycles. The van der Waals surface area contributed by atoms with E-state index >= 15 is 0 Å². The molecule has 1 aromatic rings. The molecule has 1 aliphatic rings. The maximum atomic E-state index is 12.5. The molecule has 0 spiro atoms. The largest absolute Gasteiger partial charge is 0.371 e. The van der Waals surface area contributed by atoms with Gasteiger partial charge < -0.3 is 9.80 Å². The summed E-state index contributed by atoms with van der Waals surface area (Å²) in [7, 11) is 1.85. The fraction of sp³-hybridized carbons (Fsp3) is 0.526. The zero-order valence-corrected chi connectivity index (χ0v) is 14.9. The molecular formula is C19H25N3O2. The van der Waals surface area contributed by atoms with Gasteiger partial charge in [0.25, 0.3) is 0 Å². The highest BCUT2D eigenvalue weighted by atomic mass is 16.2. The molecule has 1 heterocycles. The standard InChI is InChI=1S/C19H25N3O2/c1-13(2)21(4)19(24)16-7-9-22(10-8-16)18-11-15(12-20)5-6-17(18)14(3)23/h5-6,11,13,16H,7-10H2,1-4H3. The van der Waals surface area contributed by atoms with E-state index in [9.17, 15) is 9.59 Å². The number of carbonyl (C=O) groups is 2. The van der Waals surface area contributed by atoms with Crippen LogP contribution in [0.3, 0.4) is 0 Å². The summed E-state index contributed by atoms with van der Waals surface area (Å²) < 4.78 is 0. The van der Waals surface area contributed by atoms with Gasteiger partial charge >= 0.3 is 0 Å². The van der Waals surface area contributed by atoms with Gasteiger partial charge in [-0.15, -0.1) is 0 Å². The Morgan fingerprint density at radius 2 is 1.92 bits per heavy atom. The van der Waals surface area contributed by atoms with Crippen LogP contribution >= 0.6 is 0 Å². The highest BCUT2D eigenvalue weighted by Gasteiger charge is 2.29. The highest BCUT2D eigenvalue weighted by molar-refractivity contribution is 6.00. The van der Waals surface area contributed by atoms with E-state index in [1.807, 2.05) is 20.9 Å². The van der Waals surface area contributed by atoms with Crippen molar-refractivity contribution < 1.29 is 9.59 Å². The molecular weight excluding hydrogens is 302 g/mol. The third-order valence-corrected chi connectivity index (χ3v) is 4.81. The first kappa shape index (κ1) is 18.0. The van der Waals surface area contributed by atoms with Crippen LogP contribution in [0.5, 0.6) is 0 Å². The number of nitriles is 1. The summed E-state index contributed by atoms with van der Waals surface area (Å²) in [5, 5.41) is 9.11. The van der Waals surface area contributed by atoms with Crippen LogP contribution in [0.2, 0.25) is 0 Å². The zero-order valence-electron chi connectivity index (χ0n) is 14.9. The lowest BCUT2D eigenvalue weighted by Gasteiger charge is -2.36. The molecule has 0 bridgehead atoms. The fourth-order valence-corrected chi connectivity index (χ4v) is 3.07. The predicted molar refractivity (Wildman–Crippen MR) is 94.0 cm³/mol. The van der Waals surface area contributed by atoms with Gasteiger partial charge in [0.2, 0.25) is 5.91 Å². The molecule has 5 heteroatoms. The van der Waals surface area contributed by atoms with E-state index in [0.29, 0.717) is 11.1 Å².